The lowest BCUT2D eigenvalue weighted by Gasteiger charge is -2.10. The van der Waals surface area contributed by atoms with E-state index in [4.69, 9.17) is 21.1 Å². The number of halogens is 2. The number of benzene rings is 1. The fraction of sp³-hybridized carbons (Fsp3) is 0.500. The van der Waals surface area contributed by atoms with Gasteiger partial charge in [0.2, 0.25) is 0 Å². The second kappa shape index (κ2) is 7.93. The molecule has 0 aliphatic rings. The molecule has 0 heterocycles. The van der Waals surface area contributed by atoms with E-state index in [9.17, 15) is 0 Å². The molecule has 0 aliphatic heterocycles. The number of ether oxygens (including phenoxy) is 2. The molecule has 90 valence electrons. The Bertz CT molecular complexity index is 318. The Hall–Kier alpha value is -0.250. The van der Waals surface area contributed by atoms with E-state index in [1.165, 1.54) is 0 Å². The van der Waals surface area contributed by atoms with Crippen molar-refractivity contribution >= 4 is 27.5 Å². The van der Waals surface area contributed by atoms with E-state index in [1.54, 1.807) is 0 Å². The first-order valence-corrected chi connectivity index (χ1v) is 6.82. The number of rotatable bonds is 7. The molecule has 0 N–H and O–H groups in total. The molecule has 0 saturated carbocycles. The zero-order valence-corrected chi connectivity index (χ0v) is 11.7. The lowest BCUT2D eigenvalue weighted by molar-refractivity contribution is 0.100. The van der Waals surface area contributed by atoms with Crippen LogP contribution < -0.4 is 4.74 Å². The Morgan fingerprint density at radius 1 is 1.25 bits per heavy atom. The van der Waals surface area contributed by atoms with Gasteiger partial charge in [-0.1, -0.05) is 34.5 Å². The van der Waals surface area contributed by atoms with Gasteiger partial charge in [-0.25, -0.2) is 0 Å². The Morgan fingerprint density at radius 3 is 2.75 bits per heavy atom. The van der Waals surface area contributed by atoms with Gasteiger partial charge in [-0.15, -0.1) is 0 Å². The normalized spacial score (nSPS) is 10.4. The van der Waals surface area contributed by atoms with Crippen molar-refractivity contribution in [3.05, 3.63) is 28.8 Å². The van der Waals surface area contributed by atoms with Crippen molar-refractivity contribution in [3.8, 4) is 5.75 Å². The molecule has 0 spiro atoms. The molecule has 1 aromatic rings. The number of hydrogen-bond donors (Lipinski definition) is 0. The van der Waals surface area contributed by atoms with E-state index in [0.717, 1.165) is 34.7 Å². The van der Waals surface area contributed by atoms with Crippen LogP contribution in [-0.4, -0.2) is 19.8 Å². The van der Waals surface area contributed by atoms with Crippen LogP contribution in [0.3, 0.4) is 0 Å². The van der Waals surface area contributed by atoms with E-state index >= 15 is 0 Å². The van der Waals surface area contributed by atoms with Gasteiger partial charge in [0.05, 0.1) is 6.61 Å². The van der Waals surface area contributed by atoms with Crippen molar-refractivity contribution in [2.24, 2.45) is 0 Å². The minimum absolute atomic E-state index is 0.571. The van der Waals surface area contributed by atoms with Crippen LogP contribution in [0.1, 0.15) is 18.9 Å². The molecule has 0 atom stereocenters. The summed E-state index contributed by atoms with van der Waals surface area (Å²) in [4.78, 5) is 0. The maximum atomic E-state index is 5.90. The Kier molecular flexibility index (Phi) is 6.85. The average Bonchev–Trinajstić information content (AvgIpc) is 2.30. The van der Waals surface area contributed by atoms with Gasteiger partial charge < -0.3 is 9.47 Å². The van der Waals surface area contributed by atoms with Crippen molar-refractivity contribution in [1.29, 1.82) is 0 Å². The minimum atomic E-state index is 0.571. The van der Waals surface area contributed by atoms with Gasteiger partial charge in [0, 0.05) is 22.5 Å². The van der Waals surface area contributed by atoms with Gasteiger partial charge in [-0.3, -0.25) is 0 Å². The minimum Gasteiger partial charge on any atom is -0.491 e. The Morgan fingerprint density at radius 2 is 2.06 bits per heavy atom. The fourth-order valence-electron chi connectivity index (χ4n) is 1.25. The SMILES string of the molecule is CCCOCCOc1ccc(Cl)cc1CBr. The third kappa shape index (κ3) is 4.73. The van der Waals surface area contributed by atoms with Gasteiger partial charge in [0.15, 0.2) is 0 Å². The molecule has 1 rings (SSSR count). The van der Waals surface area contributed by atoms with Crippen molar-refractivity contribution in [2.75, 3.05) is 19.8 Å². The van der Waals surface area contributed by atoms with Crippen molar-refractivity contribution in [2.45, 2.75) is 18.7 Å². The predicted molar refractivity (Wildman–Crippen MR) is 70.7 cm³/mol. The van der Waals surface area contributed by atoms with Gasteiger partial charge in [-0.05, 0) is 24.6 Å². The summed E-state index contributed by atoms with van der Waals surface area (Å²) in [6.45, 7) is 4.07. The molecule has 0 aliphatic carbocycles. The number of alkyl halides is 1. The second-order valence-corrected chi connectivity index (χ2v) is 4.34. The van der Waals surface area contributed by atoms with Gasteiger partial charge in [-0.2, -0.15) is 0 Å². The molecule has 0 radical (unpaired) electrons. The zero-order chi connectivity index (χ0) is 11.8. The first-order chi connectivity index (χ1) is 7.77. The lowest BCUT2D eigenvalue weighted by Crippen LogP contribution is -2.08. The molecular weight excluding hydrogens is 291 g/mol. The van der Waals surface area contributed by atoms with E-state index in [-0.39, 0.29) is 0 Å². The molecule has 0 aromatic heterocycles. The van der Waals surface area contributed by atoms with Crippen LogP contribution in [0.5, 0.6) is 5.75 Å². The summed E-state index contributed by atoms with van der Waals surface area (Å²) in [5.41, 5.74) is 1.06. The highest BCUT2D eigenvalue weighted by molar-refractivity contribution is 9.08. The van der Waals surface area contributed by atoms with Crippen molar-refractivity contribution < 1.29 is 9.47 Å². The monoisotopic (exact) mass is 306 g/mol. The highest BCUT2D eigenvalue weighted by Gasteiger charge is 2.03. The summed E-state index contributed by atoms with van der Waals surface area (Å²) < 4.78 is 11.0. The molecule has 0 fully saturated rings. The van der Waals surface area contributed by atoms with E-state index in [1.807, 2.05) is 18.2 Å². The summed E-state index contributed by atoms with van der Waals surface area (Å²) in [5, 5.41) is 1.46. The quantitative estimate of drug-likeness (QED) is 0.559. The molecule has 4 heteroatoms. The maximum Gasteiger partial charge on any atom is 0.123 e. The van der Waals surface area contributed by atoms with Crippen LogP contribution >= 0.6 is 27.5 Å². The first-order valence-electron chi connectivity index (χ1n) is 5.33. The molecule has 0 unspecified atom stereocenters. The summed E-state index contributed by atoms with van der Waals surface area (Å²) in [7, 11) is 0. The zero-order valence-electron chi connectivity index (χ0n) is 9.34. The largest absolute Gasteiger partial charge is 0.491 e. The van der Waals surface area contributed by atoms with Crippen LogP contribution in [0.2, 0.25) is 5.02 Å². The molecule has 16 heavy (non-hydrogen) atoms. The van der Waals surface area contributed by atoms with Gasteiger partial charge in [0.25, 0.3) is 0 Å². The van der Waals surface area contributed by atoms with Crippen molar-refractivity contribution in [3.63, 3.8) is 0 Å². The summed E-state index contributed by atoms with van der Waals surface area (Å²) in [5.74, 6) is 0.862. The topological polar surface area (TPSA) is 18.5 Å². The highest BCUT2D eigenvalue weighted by atomic mass is 79.9. The summed E-state index contributed by atoms with van der Waals surface area (Å²) in [6.07, 6.45) is 1.04. The Labute approximate surface area is 110 Å². The maximum absolute atomic E-state index is 5.90. The van der Waals surface area contributed by atoms with Crippen molar-refractivity contribution in [1.82, 2.24) is 0 Å². The molecule has 2 nitrogen and oxygen atoms in total. The van der Waals surface area contributed by atoms with Crippen LogP contribution in [0.4, 0.5) is 0 Å². The van der Waals surface area contributed by atoms with Gasteiger partial charge in [0.1, 0.15) is 12.4 Å². The highest BCUT2D eigenvalue weighted by Crippen LogP contribution is 2.24. The smallest absolute Gasteiger partial charge is 0.123 e. The third-order valence-electron chi connectivity index (χ3n) is 2.00. The second-order valence-electron chi connectivity index (χ2n) is 3.35. The summed E-state index contributed by atoms with van der Waals surface area (Å²) in [6, 6.07) is 5.62. The van der Waals surface area contributed by atoms with E-state index in [2.05, 4.69) is 22.9 Å². The predicted octanol–water partition coefficient (Wildman–Crippen LogP) is 4.04. The molecular formula is C12H16BrClO2. The average molecular weight is 308 g/mol. The molecule has 1 aromatic carbocycles. The molecule has 0 bridgehead atoms. The third-order valence-corrected chi connectivity index (χ3v) is 2.84. The van der Waals surface area contributed by atoms with E-state index in [0.29, 0.717) is 13.2 Å². The standard InChI is InChI=1S/C12H16BrClO2/c1-2-5-15-6-7-16-12-4-3-11(14)8-10(12)9-13/h3-4,8H,2,5-7,9H2,1H3. The summed E-state index contributed by atoms with van der Waals surface area (Å²) >= 11 is 9.30. The Balaban J connectivity index is 2.41. The van der Waals surface area contributed by atoms with Crippen LogP contribution in [0, 0.1) is 0 Å². The lowest BCUT2D eigenvalue weighted by atomic mass is 10.2. The first kappa shape index (κ1) is 13.8. The molecule has 0 saturated heterocycles. The fourth-order valence-corrected chi connectivity index (χ4v) is 1.88. The van der Waals surface area contributed by atoms with Crippen LogP contribution in [0.15, 0.2) is 18.2 Å². The van der Waals surface area contributed by atoms with Crippen LogP contribution in [-0.2, 0) is 10.1 Å². The molecule has 0 amide bonds. The number of hydrogen-bond acceptors (Lipinski definition) is 2. The van der Waals surface area contributed by atoms with E-state index < -0.39 is 0 Å². The van der Waals surface area contributed by atoms with Gasteiger partial charge >= 0.3 is 0 Å². The van der Waals surface area contributed by atoms with Crippen LogP contribution in [0.25, 0.3) is 0 Å².